The number of ether oxygens (including phenoxy) is 3. The van der Waals surface area contributed by atoms with Gasteiger partial charge in [-0.3, -0.25) is 4.79 Å². The number of amides is 1. The smallest absolute Gasteiger partial charge is 0.280 e. The van der Waals surface area contributed by atoms with Gasteiger partial charge >= 0.3 is 0 Å². The number of hydrogen-bond donors (Lipinski definition) is 1. The van der Waals surface area contributed by atoms with E-state index < -0.39 is 10.0 Å². The van der Waals surface area contributed by atoms with Gasteiger partial charge in [0.1, 0.15) is 6.61 Å². The second-order valence-corrected chi connectivity index (χ2v) is 10.0. The summed E-state index contributed by atoms with van der Waals surface area (Å²) in [5.74, 6) is 0.840. The molecule has 0 fully saturated rings. The van der Waals surface area contributed by atoms with E-state index in [1.807, 2.05) is 18.2 Å². The Labute approximate surface area is 219 Å². The molecule has 0 unspecified atom stereocenters. The predicted octanol–water partition coefficient (Wildman–Crippen LogP) is 4.39. The third kappa shape index (κ3) is 5.61. The number of rotatable bonds is 8. The van der Waals surface area contributed by atoms with E-state index in [0.29, 0.717) is 44.8 Å². The molecule has 192 valence electrons. The number of nitrogens with zero attached hydrogens (tertiary/aromatic N) is 2. The van der Waals surface area contributed by atoms with Crippen LogP contribution in [0, 0.1) is 0 Å². The minimum absolute atomic E-state index is 0.0598. The highest BCUT2D eigenvalue weighted by atomic mass is 35.5. The summed E-state index contributed by atoms with van der Waals surface area (Å²) in [6.07, 6.45) is 1.67. The number of primary sulfonamides is 1. The third-order valence-corrected chi connectivity index (χ3v) is 6.89. The molecule has 0 aliphatic carbocycles. The standard InChI is InChI=1S/C26H24ClN3O6S/c1-16-21(26(31)30(29-16)19-8-10-20(11-9-19)37(28,32)33)12-17-13-23(34-2)25(24(14-17)35-3)36-15-18-6-4-5-7-22(18)27/h4-14H,15H2,1-3H3,(H2,28,32,33)/b21-12+. The van der Waals surface area contributed by atoms with Crippen molar-refractivity contribution in [3.05, 3.63) is 82.4 Å². The Kier molecular flexibility index (Phi) is 7.53. The highest BCUT2D eigenvalue weighted by Gasteiger charge is 2.29. The van der Waals surface area contributed by atoms with E-state index in [4.69, 9.17) is 31.0 Å². The molecule has 0 radical (unpaired) electrons. The molecule has 4 rings (SSSR count). The Morgan fingerprint density at radius 2 is 1.65 bits per heavy atom. The predicted molar refractivity (Wildman–Crippen MR) is 142 cm³/mol. The zero-order chi connectivity index (χ0) is 26.7. The van der Waals surface area contributed by atoms with E-state index in [0.717, 1.165) is 5.56 Å². The van der Waals surface area contributed by atoms with Crippen molar-refractivity contribution in [3.63, 3.8) is 0 Å². The van der Waals surface area contributed by atoms with Crippen LogP contribution in [0.1, 0.15) is 18.1 Å². The summed E-state index contributed by atoms with van der Waals surface area (Å²) < 4.78 is 40.1. The Morgan fingerprint density at radius 3 is 2.22 bits per heavy atom. The Balaban J connectivity index is 1.62. The summed E-state index contributed by atoms with van der Waals surface area (Å²) in [5.41, 5.74) is 2.67. The summed E-state index contributed by atoms with van der Waals surface area (Å²) in [6.45, 7) is 1.91. The molecule has 1 aliphatic rings. The Hall–Kier alpha value is -3.86. The van der Waals surface area contributed by atoms with Gasteiger partial charge in [0, 0.05) is 10.6 Å². The van der Waals surface area contributed by atoms with Crippen LogP contribution in [0.4, 0.5) is 5.69 Å². The van der Waals surface area contributed by atoms with Crippen molar-refractivity contribution < 1.29 is 27.4 Å². The molecule has 0 saturated carbocycles. The van der Waals surface area contributed by atoms with Gasteiger partial charge in [0.2, 0.25) is 15.8 Å². The molecule has 3 aromatic carbocycles. The highest BCUT2D eigenvalue weighted by molar-refractivity contribution is 7.89. The van der Waals surface area contributed by atoms with E-state index in [9.17, 15) is 13.2 Å². The number of sulfonamides is 1. The van der Waals surface area contributed by atoms with Crippen molar-refractivity contribution in [1.29, 1.82) is 0 Å². The van der Waals surface area contributed by atoms with Crippen molar-refractivity contribution in [2.24, 2.45) is 10.2 Å². The van der Waals surface area contributed by atoms with Crippen molar-refractivity contribution in [2.75, 3.05) is 19.2 Å². The maximum absolute atomic E-state index is 13.2. The van der Waals surface area contributed by atoms with Gasteiger partial charge in [0.15, 0.2) is 11.5 Å². The highest BCUT2D eigenvalue weighted by Crippen LogP contribution is 2.40. The van der Waals surface area contributed by atoms with Crippen LogP contribution < -0.4 is 24.4 Å². The maximum atomic E-state index is 13.2. The average molecular weight is 542 g/mol. The first-order chi connectivity index (χ1) is 17.6. The van der Waals surface area contributed by atoms with E-state index in [-0.39, 0.29) is 17.4 Å². The lowest BCUT2D eigenvalue weighted by molar-refractivity contribution is -0.114. The molecule has 0 aromatic heterocycles. The first-order valence-electron chi connectivity index (χ1n) is 11.0. The summed E-state index contributed by atoms with van der Waals surface area (Å²) in [7, 11) is -0.832. The van der Waals surface area contributed by atoms with Gasteiger partial charge in [-0.05, 0) is 61.0 Å². The number of carbonyl (C=O) groups excluding carboxylic acids is 1. The van der Waals surface area contributed by atoms with Crippen LogP contribution in [0.15, 0.2) is 76.2 Å². The summed E-state index contributed by atoms with van der Waals surface area (Å²) in [4.78, 5) is 13.1. The average Bonchev–Trinajstić information content (AvgIpc) is 3.16. The second kappa shape index (κ2) is 10.6. The zero-order valence-electron chi connectivity index (χ0n) is 20.3. The van der Waals surface area contributed by atoms with Crippen LogP contribution in [0.3, 0.4) is 0 Å². The lowest BCUT2D eigenvalue weighted by Gasteiger charge is -2.16. The molecule has 0 saturated heterocycles. The number of anilines is 1. The maximum Gasteiger partial charge on any atom is 0.280 e. The zero-order valence-corrected chi connectivity index (χ0v) is 21.8. The van der Waals surface area contributed by atoms with Gasteiger partial charge < -0.3 is 14.2 Å². The van der Waals surface area contributed by atoms with E-state index >= 15 is 0 Å². The quantitative estimate of drug-likeness (QED) is 0.422. The molecule has 37 heavy (non-hydrogen) atoms. The molecule has 0 spiro atoms. The van der Waals surface area contributed by atoms with Crippen molar-refractivity contribution in [2.45, 2.75) is 18.4 Å². The van der Waals surface area contributed by atoms with Crippen LogP contribution >= 0.6 is 11.6 Å². The first kappa shape index (κ1) is 26.2. The van der Waals surface area contributed by atoms with Crippen molar-refractivity contribution in [1.82, 2.24) is 0 Å². The van der Waals surface area contributed by atoms with Crippen LogP contribution in [-0.2, 0) is 21.4 Å². The monoisotopic (exact) mass is 541 g/mol. The Morgan fingerprint density at radius 1 is 1.03 bits per heavy atom. The van der Waals surface area contributed by atoms with Crippen LogP contribution in [0.2, 0.25) is 5.02 Å². The van der Waals surface area contributed by atoms with Gasteiger partial charge in [0.05, 0.1) is 36.1 Å². The van der Waals surface area contributed by atoms with Gasteiger partial charge in [-0.1, -0.05) is 29.8 Å². The van der Waals surface area contributed by atoms with Crippen molar-refractivity contribution in [3.8, 4) is 17.2 Å². The SMILES string of the molecule is COc1cc(/C=C2/C(=O)N(c3ccc(S(N)(=O)=O)cc3)N=C2C)cc(OC)c1OCc1ccccc1Cl. The molecule has 1 aliphatic heterocycles. The normalized spacial score (nSPS) is 14.6. The molecule has 1 amide bonds. The second-order valence-electron chi connectivity index (χ2n) is 8.03. The number of halogens is 1. The third-order valence-electron chi connectivity index (χ3n) is 5.60. The fourth-order valence-electron chi connectivity index (χ4n) is 3.69. The first-order valence-corrected chi connectivity index (χ1v) is 12.9. The molecular weight excluding hydrogens is 518 g/mol. The molecule has 3 aromatic rings. The van der Waals surface area contributed by atoms with E-state index in [1.165, 1.54) is 43.5 Å². The fourth-order valence-corrected chi connectivity index (χ4v) is 4.40. The molecular formula is C26H24ClN3O6S. The Bertz CT molecular complexity index is 1490. The summed E-state index contributed by atoms with van der Waals surface area (Å²) >= 11 is 6.24. The summed E-state index contributed by atoms with van der Waals surface area (Å²) in [6, 6.07) is 16.4. The number of benzene rings is 3. The number of methoxy groups -OCH3 is 2. The topological polar surface area (TPSA) is 121 Å². The molecule has 9 nitrogen and oxygen atoms in total. The summed E-state index contributed by atoms with van der Waals surface area (Å²) in [5, 5.41) is 11.3. The molecule has 0 bridgehead atoms. The van der Waals surface area contributed by atoms with Crippen LogP contribution in [-0.4, -0.2) is 34.3 Å². The van der Waals surface area contributed by atoms with Crippen molar-refractivity contribution >= 4 is 45.0 Å². The lowest BCUT2D eigenvalue weighted by atomic mass is 10.1. The number of carbonyl (C=O) groups is 1. The van der Waals surface area contributed by atoms with E-state index in [2.05, 4.69) is 5.10 Å². The van der Waals surface area contributed by atoms with Gasteiger partial charge in [-0.25, -0.2) is 13.6 Å². The molecule has 11 heteroatoms. The number of hydrogen-bond acceptors (Lipinski definition) is 7. The minimum Gasteiger partial charge on any atom is -0.493 e. The number of hydrazone groups is 1. The largest absolute Gasteiger partial charge is 0.493 e. The van der Waals surface area contributed by atoms with Gasteiger partial charge in [-0.2, -0.15) is 10.1 Å². The van der Waals surface area contributed by atoms with E-state index in [1.54, 1.807) is 31.2 Å². The lowest BCUT2D eigenvalue weighted by Crippen LogP contribution is -2.21. The van der Waals surface area contributed by atoms with Gasteiger partial charge in [0.25, 0.3) is 5.91 Å². The molecule has 1 heterocycles. The minimum atomic E-state index is -3.85. The fraction of sp³-hybridized carbons (Fsp3) is 0.154. The number of nitrogens with two attached hydrogens (primary N) is 1. The van der Waals surface area contributed by atoms with Crippen LogP contribution in [0.25, 0.3) is 6.08 Å². The molecule has 0 atom stereocenters. The van der Waals surface area contributed by atoms with Crippen LogP contribution in [0.5, 0.6) is 17.2 Å². The molecule has 2 N–H and O–H groups in total. The van der Waals surface area contributed by atoms with Gasteiger partial charge in [-0.15, -0.1) is 0 Å².